The third-order valence-corrected chi connectivity index (χ3v) is 4.39. The van der Waals surface area contributed by atoms with Crippen LogP contribution in [0.4, 0.5) is 11.4 Å². The Morgan fingerprint density at radius 2 is 2.00 bits per heavy atom. The number of nitro groups is 1. The zero-order valence-electron chi connectivity index (χ0n) is 15.8. The average Bonchev–Trinajstić information content (AvgIpc) is 3.19. The van der Waals surface area contributed by atoms with Crippen molar-refractivity contribution in [3.8, 4) is 11.5 Å². The van der Waals surface area contributed by atoms with E-state index >= 15 is 0 Å². The fraction of sp³-hybridized carbons (Fsp3) is 0.143. The Morgan fingerprint density at radius 3 is 2.77 bits per heavy atom. The van der Waals surface area contributed by atoms with Crippen molar-refractivity contribution in [1.29, 1.82) is 0 Å². The van der Waals surface area contributed by atoms with E-state index in [1.165, 1.54) is 18.2 Å². The highest BCUT2D eigenvalue weighted by molar-refractivity contribution is 6.01. The molecule has 2 heterocycles. The number of fused-ring (bicyclic) bond motifs is 1. The number of nitro benzene ring substituents is 1. The molecule has 0 saturated heterocycles. The van der Waals surface area contributed by atoms with E-state index in [-0.39, 0.29) is 17.7 Å². The van der Waals surface area contributed by atoms with Gasteiger partial charge in [0, 0.05) is 24.4 Å². The van der Waals surface area contributed by atoms with Crippen LogP contribution in [-0.2, 0) is 11.3 Å². The molecular weight excluding hydrogens is 388 g/mol. The summed E-state index contributed by atoms with van der Waals surface area (Å²) in [6.07, 6.45) is 6.00. The van der Waals surface area contributed by atoms with Gasteiger partial charge in [-0.05, 0) is 35.9 Å². The molecule has 4 rings (SSSR count). The fourth-order valence-electron chi connectivity index (χ4n) is 2.95. The summed E-state index contributed by atoms with van der Waals surface area (Å²) in [7, 11) is 0. The summed E-state index contributed by atoms with van der Waals surface area (Å²) in [6, 6.07) is 13.4. The summed E-state index contributed by atoms with van der Waals surface area (Å²) in [5.41, 5.74) is 1.23. The van der Waals surface area contributed by atoms with Gasteiger partial charge in [-0.2, -0.15) is 5.10 Å². The summed E-state index contributed by atoms with van der Waals surface area (Å²) in [6.45, 7) is 0.888. The van der Waals surface area contributed by atoms with Crippen molar-refractivity contribution >= 4 is 23.4 Å². The first-order chi connectivity index (χ1) is 14.6. The topological polar surface area (TPSA) is 109 Å². The van der Waals surface area contributed by atoms with Gasteiger partial charge in [0.25, 0.3) is 5.69 Å². The van der Waals surface area contributed by atoms with E-state index < -0.39 is 4.92 Å². The molecule has 1 aliphatic rings. The lowest BCUT2D eigenvalue weighted by Gasteiger charge is -2.26. The molecular formula is C21H18N4O5. The van der Waals surface area contributed by atoms with Gasteiger partial charge in [-0.3, -0.25) is 19.6 Å². The Bertz CT molecular complexity index is 1090. The number of carbonyl (C=O) groups is 1. The minimum absolute atomic E-state index is 0.000140. The lowest BCUT2D eigenvalue weighted by molar-refractivity contribution is -0.384. The van der Waals surface area contributed by atoms with Crippen molar-refractivity contribution in [2.45, 2.75) is 12.6 Å². The van der Waals surface area contributed by atoms with Crippen LogP contribution in [-0.4, -0.2) is 33.3 Å². The average molecular weight is 406 g/mol. The van der Waals surface area contributed by atoms with Crippen molar-refractivity contribution in [2.24, 2.45) is 0 Å². The van der Waals surface area contributed by atoms with E-state index in [4.69, 9.17) is 9.47 Å². The smallest absolute Gasteiger partial charge is 0.269 e. The number of aromatic nitrogens is 2. The van der Waals surface area contributed by atoms with Crippen molar-refractivity contribution in [3.05, 3.63) is 82.7 Å². The standard InChI is InChI=1S/C21H18N4O5/c26-21(10-7-15-5-8-17(9-6-15)25(27)28)23-16-11-22-24(12-16)13-18-14-29-19-3-1-2-4-20(19)30-18/h1-12,18H,13-14H2,(H,23,26)/b10-7+. The molecule has 9 heteroatoms. The van der Waals surface area contributed by atoms with Gasteiger partial charge in [0.1, 0.15) is 6.61 Å². The molecule has 0 spiro atoms. The zero-order valence-corrected chi connectivity index (χ0v) is 15.8. The number of para-hydroxylation sites is 2. The number of anilines is 1. The molecule has 152 valence electrons. The maximum Gasteiger partial charge on any atom is 0.269 e. The number of hydrogen-bond donors (Lipinski definition) is 1. The van der Waals surface area contributed by atoms with Gasteiger partial charge in [0.2, 0.25) is 5.91 Å². The molecule has 1 N–H and O–H groups in total. The van der Waals surface area contributed by atoms with Gasteiger partial charge in [-0.15, -0.1) is 0 Å². The normalized spacial score (nSPS) is 15.1. The largest absolute Gasteiger partial charge is 0.486 e. The molecule has 30 heavy (non-hydrogen) atoms. The van der Waals surface area contributed by atoms with Crippen LogP contribution in [0.5, 0.6) is 11.5 Å². The molecule has 0 saturated carbocycles. The maximum atomic E-state index is 12.1. The lowest BCUT2D eigenvalue weighted by Crippen LogP contribution is -2.33. The van der Waals surface area contributed by atoms with E-state index in [1.54, 1.807) is 35.3 Å². The third kappa shape index (κ3) is 4.64. The minimum Gasteiger partial charge on any atom is -0.486 e. The molecule has 0 fully saturated rings. The Morgan fingerprint density at radius 1 is 1.23 bits per heavy atom. The van der Waals surface area contributed by atoms with Crippen LogP contribution in [0.2, 0.25) is 0 Å². The van der Waals surface area contributed by atoms with E-state index in [0.29, 0.717) is 30.2 Å². The highest BCUT2D eigenvalue weighted by Gasteiger charge is 2.21. The van der Waals surface area contributed by atoms with Gasteiger partial charge in [-0.1, -0.05) is 12.1 Å². The Labute approximate surface area is 171 Å². The second-order valence-electron chi connectivity index (χ2n) is 6.62. The van der Waals surface area contributed by atoms with Gasteiger partial charge in [0.05, 0.1) is 23.4 Å². The van der Waals surface area contributed by atoms with E-state index in [2.05, 4.69) is 10.4 Å². The number of non-ortho nitro benzene ring substituents is 1. The van der Waals surface area contributed by atoms with Crippen LogP contribution in [0.15, 0.2) is 67.0 Å². The second-order valence-corrected chi connectivity index (χ2v) is 6.62. The molecule has 1 aliphatic heterocycles. The third-order valence-electron chi connectivity index (χ3n) is 4.39. The first-order valence-electron chi connectivity index (χ1n) is 9.21. The van der Waals surface area contributed by atoms with E-state index in [9.17, 15) is 14.9 Å². The molecule has 1 unspecified atom stereocenters. The zero-order chi connectivity index (χ0) is 20.9. The van der Waals surface area contributed by atoms with E-state index in [0.717, 1.165) is 5.75 Å². The monoisotopic (exact) mass is 406 g/mol. The summed E-state index contributed by atoms with van der Waals surface area (Å²) >= 11 is 0. The van der Waals surface area contributed by atoms with Crippen molar-refractivity contribution in [1.82, 2.24) is 9.78 Å². The Balaban J connectivity index is 1.31. The summed E-state index contributed by atoms with van der Waals surface area (Å²) in [5.74, 6) is 1.09. The van der Waals surface area contributed by atoms with Crippen molar-refractivity contribution in [3.63, 3.8) is 0 Å². The molecule has 1 amide bonds. The van der Waals surface area contributed by atoms with Crippen LogP contribution < -0.4 is 14.8 Å². The number of nitrogens with zero attached hydrogens (tertiary/aromatic N) is 3. The first-order valence-corrected chi connectivity index (χ1v) is 9.21. The summed E-state index contributed by atoms with van der Waals surface area (Å²) in [5, 5.41) is 17.6. The van der Waals surface area contributed by atoms with Crippen LogP contribution in [0.3, 0.4) is 0 Å². The molecule has 0 aliphatic carbocycles. The lowest BCUT2D eigenvalue weighted by atomic mass is 10.2. The number of rotatable bonds is 6. The number of benzene rings is 2. The number of carbonyl (C=O) groups excluding carboxylic acids is 1. The summed E-state index contributed by atoms with van der Waals surface area (Å²) < 4.78 is 13.3. The number of nitrogens with one attached hydrogen (secondary N) is 1. The van der Waals surface area contributed by atoms with Crippen LogP contribution in [0, 0.1) is 10.1 Å². The Kier molecular flexibility index (Phi) is 5.42. The number of amides is 1. The number of hydrogen-bond acceptors (Lipinski definition) is 6. The van der Waals surface area contributed by atoms with Gasteiger partial charge >= 0.3 is 0 Å². The van der Waals surface area contributed by atoms with Crippen LogP contribution in [0.1, 0.15) is 5.56 Å². The van der Waals surface area contributed by atoms with Gasteiger partial charge in [0.15, 0.2) is 17.6 Å². The molecule has 2 aromatic carbocycles. The maximum absolute atomic E-state index is 12.1. The SMILES string of the molecule is O=C(/C=C/c1ccc([N+](=O)[O-])cc1)Nc1cnn(CC2COc3ccccc3O2)c1. The molecule has 1 aromatic heterocycles. The van der Waals surface area contributed by atoms with E-state index in [1.807, 2.05) is 24.3 Å². The predicted octanol–water partition coefficient (Wildman–Crippen LogP) is 3.28. The number of ether oxygens (including phenoxy) is 2. The molecule has 1 atom stereocenters. The predicted molar refractivity (Wildman–Crippen MR) is 109 cm³/mol. The minimum atomic E-state index is -0.471. The summed E-state index contributed by atoms with van der Waals surface area (Å²) in [4.78, 5) is 22.3. The molecule has 0 bridgehead atoms. The highest BCUT2D eigenvalue weighted by Crippen LogP contribution is 2.31. The van der Waals surface area contributed by atoms with Crippen LogP contribution in [0.25, 0.3) is 6.08 Å². The molecule has 0 radical (unpaired) electrons. The van der Waals surface area contributed by atoms with Crippen LogP contribution >= 0.6 is 0 Å². The Hall–Kier alpha value is -4.14. The molecule has 3 aromatic rings. The van der Waals surface area contributed by atoms with Crippen molar-refractivity contribution < 1.29 is 19.2 Å². The second kappa shape index (κ2) is 8.48. The van der Waals surface area contributed by atoms with Gasteiger partial charge in [-0.25, -0.2) is 0 Å². The molecule has 9 nitrogen and oxygen atoms in total. The first kappa shape index (κ1) is 19.2. The van der Waals surface area contributed by atoms with Gasteiger partial charge < -0.3 is 14.8 Å². The highest BCUT2D eigenvalue weighted by atomic mass is 16.6. The fourth-order valence-corrected chi connectivity index (χ4v) is 2.95. The van der Waals surface area contributed by atoms with Crippen molar-refractivity contribution in [2.75, 3.05) is 11.9 Å². The quantitative estimate of drug-likeness (QED) is 0.382.